The van der Waals surface area contributed by atoms with Gasteiger partial charge < -0.3 is 25.4 Å². The summed E-state index contributed by atoms with van der Waals surface area (Å²) in [5, 5.41) is 3.31. The maximum absolute atomic E-state index is 12.4. The lowest BCUT2D eigenvalue weighted by Gasteiger charge is -2.22. The standard InChI is InChI=1S/C20H23N3O4S/c1-23-9-8-13-16(11-23)28-20(18(13)19(21)25)22-17(24)7-5-12-4-6-14(26-2)15(10-12)27-3/h4-7,10H,8-9,11H2,1-3H3,(H2,21,25)(H,22,24)/b7-5+. The van der Waals surface area contributed by atoms with Gasteiger partial charge in [-0.2, -0.15) is 0 Å². The highest BCUT2D eigenvalue weighted by Gasteiger charge is 2.26. The largest absolute Gasteiger partial charge is 0.493 e. The Kier molecular flexibility index (Phi) is 6.01. The molecule has 2 heterocycles. The maximum Gasteiger partial charge on any atom is 0.251 e. The smallest absolute Gasteiger partial charge is 0.251 e. The third-order valence-electron chi connectivity index (χ3n) is 4.57. The maximum atomic E-state index is 12.4. The van der Waals surface area contributed by atoms with Crippen molar-refractivity contribution in [1.29, 1.82) is 0 Å². The quantitative estimate of drug-likeness (QED) is 0.726. The molecule has 148 valence electrons. The highest BCUT2D eigenvalue weighted by molar-refractivity contribution is 7.17. The van der Waals surface area contributed by atoms with Gasteiger partial charge in [0.2, 0.25) is 5.91 Å². The van der Waals surface area contributed by atoms with Crippen molar-refractivity contribution in [3.8, 4) is 11.5 Å². The fourth-order valence-corrected chi connectivity index (χ4v) is 4.50. The lowest BCUT2D eigenvalue weighted by atomic mass is 10.0. The number of fused-ring (bicyclic) bond motifs is 1. The molecule has 1 aromatic heterocycles. The van der Waals surface area contributed by atoms with Crippen LogP contribution in [-0.2, 0) is 17.8 Å². The van der Waals surface area contributed by atoms with Crippen LogP contribution in [0.5, 0.6) is 11.5 Å². The number of hydrogen-bond donors (Lipinski definition) is 2. The number of nitrogens with two attached hydrogens (primary N) is 1. The Balaban J connectivity index is 1.78. The van der Waals surface area contributed by atoms with Gasteiger partial charge in [0.15, 0.2) is 11.5 Å². The second-order valence-corrected chi connectivity index (χ2v) is 7.60. The van der Waals surface area contributed by atoms with Crippen molar-refractivity contribution < 1.29 is 19.1 Å². The first-order valence-electron chi connectivity index (χ1n) is 8.77. The van der Waals surface area contributed by atoms with Crippen molar-refractivity contribution >= 4 is 34.2 Å². The van der Waals surface area contributed by atoms with E-state index in [9.17, 15) is 9.59 Å². The number of anilines is 1. The van der Waals surface area contributed by atoms with Gasteiger partial charge in [0, 0.05) is 24.0 Å². The molecule has 0 saturated carbocycles. The molecule has 0 fully saturated rings. The van der Waals surface area contributed by atoms with Gasteiger partial charge >= 0.3 is 0 Å². The first kappa shape index (κ1) is 19.9. The minimum Gasteiger partial charge on any atom is -0.493 e. The minimum atomic E-state index is -0.513. The van der Waals surface area contributed by atoms with Crippen molar-refractivity contribution in [1.82, 2.24) is 4.90 Å². The summed E-state index contributed by atoms with van der Waals surface area (Å²) in [6.07, 6.45) is 3.83. The number of hydrogen-bond acceptors (Lipinski definition) is 6. The number of methoxy groups -OCH3 is 2. The summed E-state index contributed by atoms with van der Waals surface area (Å²) in [6.45, 7) is 1.61. The topological polar surface area (TPSA) is 93.9 Å². The first-order valence-corrected chi connectivity index (χ1v) is 9.58. The number of thiophene rings is 1. The van der Waals surface area contributed by atoms with Crippen LogP contribution in [0.2, 0.25) is 0 Å². The number of nitrogens with one attached hydrogen (secondary N) is 1. The molecule has 0 radical (unpaired) electrons. The summed E-state index contributed by atoms with van der Waals surface area (Å²) in [7, 11) is 5.14. The molecule has 0 atom stereocenters. The Morgan fingerprint density at radius 3 is 2.68 bits per heavy atom. The molecular formula is C20H23N3O4S. The van der Waals surface area contributed by atoms with Crippen molar-refractivity contribution in [2.75, 3.05) is 33.1 Å². The third kappa shape index (κ3) is 4.18. The van der Waals surface area contributed by atoms with Gasteiger partial charge in [0.05, 0.1) is 19.8 Å². The Labute approximate surface area is 167 Å². The lowest BCUT2D eigenvalue weighted by molar-refractivity contribution is -0.111. The molecule has 0 spiro atoms. The molecule has 0 saturated heterocycles. The second kappa shape index (κ2) is 8.45. The van der Waals surface area contributed by atoms with Crippen molar-refractivity contribution in [2.24, 2.45) is 5.73 Å². The molecule has 1 aliphatic heterocycles. The monoisotopic (exact) mass is 401 g/mol. The minimum absolute atomic E-state index is 0.329. The molecule has 28 heavy (non-hydrogen) atoms. The Morgan fingerprint density at radius 1 is 1.25 bits per heavy atom. The van der Waals surface area contributed by atoms with E-state index in [1.165, 1.54) is 17.4 Å². The zero-order valence-electron chi connectivity index (χ0n) is 16.1. The van der Waals surface area contributed by atoms with Crippen LogP contribution in [-0.4, -0.2) is 44.5 Å². The van der Waals surface area contributed by atoms with Crippen molar-refractivity contribution in [3.63, 3.8) is 0 Å². The van der Waals surface area contributed by atoms with Crippen LogP contribution in [0.3, 0.4) is 0 Å². The van der Waals surface area contributed by atoms with E-state index < -0.39 is 5.91 Å². The van der Waals surface area contributed by atoms with Gasteiger partial charge in [-0.15, -0.1) is 11.3 Å². The number of primary amides is 1. The fourth-order valence-electron chi connectivity index (χ4n) is 3.16. The molecule has 7 nitrogen and oxygen atoms in total. The number of ether oxygens (including phenoxy) is 2. The third-order valence-corrected chi connectivity index (χ3v) is 5.70. The van der Waals surface area contributed by atoms with Gasteiger partial charge in [-0.3, -0.25) is 9.59 Å². The van der Waals surface area contributed by atoms with E-state index in [1.54, 1.807) is 32.4 Å². The summed E-state index contributed by atoms with van der Waals surface area (Å²) in [4.78, 5) is 27.6. The van der Waals surface area contributed by atoms with Gasteiger partial charge in [-0.05, 0) is 42.8 Å². The molecule has 0 unspecified atom stereocenters. The van der Waals surface area contributed by atoms with E-state index in [2.05, 4.69) is 10.2 Å². The SMILES string of the molecule is COc1ccc(/C=C/C(=O)Nc2sc3c(c2C(N)=O)CCN(C)C3)cc1OC. The number of carbonyl (C=O) groups is 2. The van der Waals surface area contributed by atoms with Crippen LogP contribution in [0.15, 0.2) is 24.3 Å². The number of rotatable bonds is 6. The van der Waals surface area contributed by atoms with Crippen molar-refractivity contribution in [2.45, 2.75) is 13.0 Å². The Hall–Kier alpha value is -2.84. The normalized spacial score (nSPS) is 14.0. The number of carbonyl (C=O) groups excluding carboxylic acids is 2. The Bertz CT molecular complexity index is 936. The van der Waals surface area contributed by atoms with E-state index in [0.717, 1.165) is 35.5 Å². The van der Waals surface area contributed by atoms with Crippen molar-refractivity contribution in [3.05, 3.63) is 45.8 Å². The van der Waals surface area contributed by atoms with Crippen LogP contribution >= 0.6 is 11.3 Å². The number of amides is 2. The molecule has 1 aliphatic rings. The second-order valence-electron chi connectivity index (χ2n) is 6.50. The van der Waals surface area contributed by atoms with Crippen LogP contribution in [0.1, 0.15) is 26.4 Å². The molecule has 8 heteroatoms. The number of nitrogens with zero attached hydrogens (tertiary/aromatic N) is 1. The van der Waals surface area contributed by atoms with E-state index in [1.807, 2.05) is 13.1 Å². The van der Waals surface area contributed by atoms with E-state index in [4.69, 9.17) is 15.2 Å². The Morgan fingerprint density at radius 2 is 2.00 bits per heavy atom. The number of benzene rings is 1. The summed E-state index contributed by atoms with van der Waals surface area (Å²) in [6, 6.07) is 5.36. The highest BCUT2D eigenvalue weighted by atomic mass is 32.1. The van der Waals surface area contributed by atoms with Gasteiger partial charge in [0.1, 0.15) is 5.00 Å². The zero-order valence-corrected chi connectivity index (χ0v) is 16.9. The highest BCUT2D eigenvalue weighted by Crippen LogP contribution is 2.36. The summed E-state index contributed by atoms with van der Waals surface area (Å²) in [5.41, 5.74) is 7.75. The zero-order chi connectivity index (χ0) is 20.3. The molecule has 0 bridgehead atoms. The molecule has 0 aliphatic carbocycles. The molecule has 3 N–H and O–H groups in total. The van der Waals surface area contributed by atoms with Crippen LogP contribution < -0.4 is 20.5 Å². The van der Waals surface area contributed by atoms with Gasteiger partial charge in [0.25, 0.3) is 5.91 Å². The van der Waals surface area contributed by atoms with E-state index in [-0.39, 0.29) is 5.91 Å². The molecule has 2 aromatic rings. The molecule has 3 rings (SSSR count). The molecule has 1 aromatic carbocycles. The average Bonchev–Trinajstić information content (AvgIpc) is 3.02. The van der Waals surface area contributed by atoms with Crippen LogP contribution in [0.25, 0.3) is 6.08 Å². The fraction of sp³-hybridized carbons (Fsp3) is 0.300. The first-order chi connectivity index (χ1) is 13.4. The van der Waals surface area contributed by atoms with E-state index in [0.29, 0.717) is 22.1 Å². The van der Waals surface area contributed by atoms with Crippen LogP contribution in [0.4, 0.5) is 5.00 Å². The summed E-state index contributed by atoms with van der Waals surface area (Å²) >= 11 is 1.41. The van der Waals surface area contributed by atoms with Gasteiger partial charge in [-0.25, -0.2) is 0 Å². The summed E-state index contributed by atoms with van der Waals surface area (Å²) < 4.78 is 10.5. The predicted molar refractivity (Wildman–Crippen MR) is 110 cm³/mol. The summed E-state index contributed by atoms with van der Waals surface area (Å²) in [5.74, 6) is 0.353. The van der Waals surface area contributed by atoms with E-state index >= 15 is 0 Å². The number of likely N-dealkylation sites (N-methyl/N-ethyl adjacent to an activating group) is 1. The average molecular weight is 401 g/mol. The molecule has 2 amide bonds. The molecular weight excluding hydrogens is 378 g/mol. The van der Waals surface area contributed by atoms with Crippen LogP contribution in [0, 0.1) is 0 Å². The predicted octanol–water partition coefficient (Wildman–Crippen LogP) is 2.50. The van der Waals surface area contributed by atoms with Gasteiger partial charge in [-0.1, -0.05) is 6.07 Å². The lowest BCUT2D eigenvalue weighted by Crippen LogP contribution is -2.27.